The van der Waals surface area contributed by atoms with E-state index in [2.05, 4.69) is 9.97 Å². The van der Waals surface area contributed by atoms with Gasteiger partial charge in [-0.05, 0) is 6.26 Å². The van der Waals surface area contributed by atoms with Gasteiger partial charge in [0.1, 0.15) is 6.10 Å². The van der Waals surface area contributed by atoms with E-state index >= 15 is 0 Å². The van der Waals surface area contributed by atoms with Crippen LogP contribution in [0.15, 0.2) is 18.6 Å². The Morgan fingerprint density at radius 2 is 2.45 bits per heavy atom. The Hall–Kier alpha value is -0.610. The van der Waals surface area contributed by atoms with Gasteiger partial charge in [-0.3, -0.25) is 9.97 Å². The standard InChI is InChI=1S/C7H10N2OS/c1-11-5-7(10)6-4-8-2-3-9-6/h2-4,7,10H,5H2,1H3. The molecule has 0 aliphatic heterocycles. The van der Waals surface area contributed by atoms with Crippen LogP contribution >= 0.6 is 11.8 Å². The van der Waals surface area contributed by atoms with E-state index in [1.807, 2.05) is 6.26 Å². The normalized spacial score (nSPS) is 12.9. The van der Waals surface area contributed by atoms with Crippen molar-refractivity contribution in [1.29, 1.82) is 0 Å². The second-order valence-electron chi connectivity index (χ2n) is 2.10. The molecular formula is C7H10N2OS. The number of nitrogens with zero attached hydrogens (tertiary/aromatic N) is 2. The lowest BCUT2D eigenvalue weighted by Crippen LogP contribution is -2.02. The minimum atomic E-state index is -0.487. The molecular weight excluding hydrogens is 160 g/mol. The third-order valence-electron chi connectivity index (χ3n) is 1.25. The predicted molar refractivity (Wildman–Crippen MR) is 45.4 cm³/mol. The Bertz CT molecular complexity index is 205. The van der Waals surface area contributed by atoms with Crippen molar-refractivity contribution in [2.45, 2.75) is 6.10 Å². The Balaban J connectivity index is 2.61. The van der Waals surface area contributed by atoms with Gasteiger partial charge >= 0.3 is 0 Å². The molecule has 0 radical (unpaired) electrons. The van der Waals surface area contributed by atoms with E-state index in [0.29, 0.717) is 11.4 Å². The van der Waals surface area contributed by atoms with E-state index in [1.165, 1.54) is 0 Å². The molecule has 0 spiro atoms. The van der Waals surface area contributed by atoms with Crippen LogP contribution in [0.25, 0.3) is 0 Å². The smallest absolute Gasteiger partial charge is 0.106 e. The summed E-state index contributed by atoms with van der Waals surface area (Å²) < 4.78 is 0. The van der Waals surface area contributed by atoms with Crippen molar-refractivity contribution in [3.63, 3.8) is 0 Å². The first-order valence-corrected chi connectivity index (χ1v) is 4.67. The Morgan fingerprint density at radius 1 is 1.64 bits per heavy atom. The summed E-state index contributed by atoms with van der Waals surface area (Å²) in [6, 6.07) is 0. The number of thioether (sulfide) groups is 1. The Labute approximate surface area is 69.9 Å². The van der Waals surface area contributed by atoms with Gasteiger partial charge in [0.05, 0.1) is 11.9 Å². The first kappa shape index (κ1) is 8.49. The van der Waals surface area contributed by atoms with Gasteiger partial charge in [-0.15, -0.1) is 0 Å². The van der Waals surface area contributed by atoms with Gasteiger partial charge in [-0.2, -0.15) is 11.8 Å². The fourth-order valence-corrected chi connectivity index (χ4v) is 1.21. The van der Waals surface area contributed by atoms with Crippen molar-refractivity contribution in [2.24, 2.45) is 0 Å². The molecule has 1 unspecified atom stereocenters. The molecule has 0 fully saturated rings. The molecule has 60 valence electrons. The molecule has 11 heavy (non-hydrogen) atoms. The summed E-state index contributed by atoms with van der Waals surface area (Å²) in [5.74, 6) is 0.665. The maximum absolute atomic E-state index is 9.40. The third-order valence-corrected chi connectivity index (χ3v) is 1.90. The van der Waals surface area contributed by atoms with Gasteiger partial charge in [0.25, 0.3) is 0 Å². The second kappa shape index (κ2) is 4.31. The lowest BCUT2D eigenvalue weighted by molar-refractivity contribution is 0.198. The average Bonchev–Trinajstić information content (AvgIpc) is 2.07. The van der Waals surface area contributed by atoms with Gasteiger partial charge in [-0.25, -0.2) is 0 Å². The highest BCUT2D eigenvalue weighted by atomic mass is 32.2. The van der Waals surface area contributed by atoms with E-state index in [9.17, 15) is 5.11 Å². The van der Waals surface area contributed by atoms with Crippen LogP contribution in [0, 0.1) is 0 Å². The molecule has 1 aromatic rings. The van der Waals surface area contributed by atoms with Crippen molar-refractivity contribution >= 4 is 11.8 Å². The summed E-state index contributed by atoms with van der Waals surface area (Å²) in [4.78, 5) is 7.83. The van der Waals surface area contributed by atoms with E-state index in [-0.39, 0.29) is 0 Å². The zero-order chi connectivity index (χ0) is 8.10. The molecule has 1 N–H and O–H groups in total. The number of aromatic nitrogens is 2. The van der Waals surface area contributed by atoms with Crippen molar-refractivity contribution in [2.75, 3.05) is 12.0 Å². The second-order valence-corrected chi connectivity index (χ2v) is 3.01. The molecule has 1 atom stereocenters. The molecule has 1 heterocycles. The highest BCUT2D eigenvalue weighted by Crippen LogP contribution is 2.12. The van der Waals surface area contributed by atoms with E-state index in [0.717, 1.165) is 0 Å². The number of hydrogen-bond acceptors (Lipinski definition) is 4. The SMILES string of the molecule is CSCC(O)c1cnccn1. The molecule has 3 nitrogen and oxygen atoms in total. The first-order valence-electron chi connectivity index (χ1n) is 3.27. The highest BCUT2D eigenvalue weighted by Gasteiger charge is 2.06. The van der Waals surface area contributed by atoms with Crippen LogP contribution in [0.3, 0.4) is 0 Å². The lowest BCUT2D eigenvalue weighted by Gasteiger charge is -2.05. The summed E-state index contributed by atoms with van der Waals surface area (Å²) in [5, 5.41) is 9.40. The van der Waals surface area contributed by atoms with Crippen LogP contribution < -0.4 is 0 Å². The van der Waals surface area contributed by atoms with Crippen LogP contribution in [0.2, 0.25) is 0 Å². The zero-order valence-electron chi connectivity index (χ0n) is 6.27. The van der Waals surface area contributed by atoms with Crippen LogP contribution in [-0.4, -0.2) is 27.1 Å². The molecule has 0 aromatic carbocycles. The third kappa shape index (κ3) is 2.48. The van der Waals surface area contributed by atoms with Gasteiger partial charge in [0.2, 0.25) is 0 Å². The number of aliphatic hydroxyl groups excluding tert-OH is 1. The summed E-state index contributed by atoms with van der Waals surface area (Å²) in [5.41, 5.74) is 0.641. The number of rotatable bonds is 3. The minimum absolute atomic E-state index is 0.487. The summed E-state index contributed by atoms with van der Waals surface area (Å²) in [7, 11) is 0. The van der Waals surface area contributed by atoms with Gasteiger partial charge in [-0.1, -0.05) is 0 Å². The lowest BCUT2D eigenvalue weighted by atomic mass is 10.3. The Kier molecular flexibility index (Phi) is 3.32. The maximum atomic E-state index is 9.40. The molecule has 4 heteroatoms. The molecule has 0 aliphatic carbocycles. The quantitative estimate of drug-likeness (QED) is 0.731. The van der Waals surface area contributed by atoms with Crippen molar-refractivity contribution in [1.82, 2.24) is 9.97 Å². The molecule has 1 aromatic heterocycles. The number of hydrogen-bond donors (Lipinski definition) is 1. The zero-order valence-corrected chi connectivity index (χ0v) is 7.08. The highest BCUT2D eigenvalue weighted by molar-refractivity contribution is 7.98. The molecule has 0 bridgehead atoms. The van der Waals surface area contributed by atoms with Crippen LogP contribution in [0.1, 0.15) is 11.8 Å². The topological polar surface area (TPSA) is 46.0 Å². The minimum Gasteiger partial charge on any atom is -0.386 e. The van der Waals surface area contributed by atoms with Crippen LogP contribution in [0.4, 0.5) is 0 Å². The molecule has 1 rings (SSSR count). The number of aliphatic hydroxyl groups is 1. The maximum Gasteiger partial charge on any atom is 0.106 e. The van der Waals surface area contributed by atoms with Crippen molar-refractivity contribution < 1.29 is 5.11 Å². The van der Waals surface area contributed by atoms with E-state index in [1.54, 1.807) is 30.4 Å². The van der Waals surface area contributed by atoms with Crippen LogP contribution in [-0.2, 0) is 0 Å². The average molecular weight is 170 g/mol. The van der Waals surface area contributed by atoms with Gasteiger partial charge in [0, 0.05) is 18.1 Å². The largest absolute Gasteiger partial charge is 0.386 e. The van der Waals surface area contributed by atoms with E-state index in [4.69, 9.17) is 0 Å². The van der Waals surface area contributed by atoms with Crippen LogP contribution in [0.5, 0.6) is 0 Å². The summed E-state index contributed by atoms with van der Waals surface area (Å²) >= 11 is 1.59. The molecule has 0 saturated carbocycles. The fourth-order valence-electron chi connectivity index (χ4n) is 0.726. The monoisotopic (exact) mass is 170 g/mol. The van der Waals surface area contributed by atoms with Crippen molar-refractivity contribution in [3.05, 3.63) is 24.3 Å². The fraction of sp³-hybridized carbons (Fsp3) is 0.429. The molecule has 0 saturated heterocycles. The van der Waals surface area contributed by atoms with E-state index < -0.39 is 6.10 Å². The first-order chi connectivity index (χ1) is 5.34. The predicted octanol–water partition coefficient (Wildman–Crippen LogP) is 0.873. The van der Waals surface area contributed by atoms with Gasteiger partial charge in [0.15, 0.2) is 0 Å². The molecule has 0 aliphatic rings. The Morgan fingerprint density at radius 3 is 3.00 bits per heavy atom. The molecule has 0 amide bonds. The summed E-state index contributed by atoms with van der Waals surface area (Å²) in [6.45, 7) is 0. The van der Waals surface area contributed by atoms with Crippen molar-refractivity contribution in [3.8, 4) is 0 Å². The van der Waals surface area contributed by atoms with Gasteiger partial charge < -0.3 is 5.11 Å². The summed E-state index contributed by atoms with van der Waals surface area (Å²) in [6.07, 6.45) is 6.22.